The molecule has 2 aromatic heterocycles. The Morgan fingerprint density at radius 2 is 1.93 bits per heavy atom. The number of nitrogens with zero attached hydrogens (tertiary/aromatic N) is 5. The number of hydrogen-bond donors (Lipinski definition) is 0. The Balaban J connectivity index is 1.51. The second kappa shape index (κ2) is 7.68. The monoisotopic (exact) mass is 381 g/mol. The van der Waals surface area contributed by atoms with Gasteiger partial charge in [0, 0.05) is 13.1 Å². The van der Waals surface area contributed by atoms with Gasteiger partial charge in [-0.2, -0.15) is 5.10 Å². The van der Waals surface area contributed by atoms with Gasteiger partial charge < -0.3 is 4.90 Å². The quantitative estimate of drug-likeness (QED) is 0.511. The van der Waals surface area contributed by atoms with Crippen LogP contribution in [0.15, 0.2) is 41.8 Å². The fourth-order valence-electron chi connectivity index (χ4n) is 3.29. The second-order valence-electron chi connectivity index (χ2n) is 7.16. The molecular weight excluding hydrogens is 358 g/mol. The molecule has 0 unspecified atom stereocenters. The molecule has 0 N–H and O–H groups in total. The minimum Gasteiger partial charge on any atom is -0.342 e. The van der Waals surface area contributed by atoms with Gasteiger partial charge in [-0.05, 0) is 37.8 Å². The molecule has 1 saturated heterocycles. The molecule has 0 saturated carbocycles. The van der Waals surface area contributed by atoms with Gasteiger partial charge in [0.05, 0.1) is 23.0 Å². The predicted molar refractivity (Wildman–Crippen MR) is 107 cm³/mol. The lowest BCUT2D eigenvalue weighted by molar-refractivity contribution is -0.129. The third-order valence-electron chi connectivity index (χ3n) is 5.08. The topological polar surface area (TPSA) is 63.9 Å². The Kier molecular flexibility index (Phi) is 5.11. The number of carbonyl (C=O) groups excluding carboxylic acids is 1. The molecule has 0 aliphatic carbocycles. The lowest BCUT2D eigenvalue weighted by atomic mass is 9.99. The van der Waals surface area contributed by atoms with E-state index in [1.165, 1.54) is 17.3 Å². The fourth-order valence-corrected chi connectivity index (χ4v) is 4.16. The summed E-state index contributed by atoms with van der Waals surface area (Å²) in [5.41, 5.74) is 2.92. The van der Waals surface area contributed by atoms with Crippen LogP contribution in [-0.4, -0.2) is 49.4 Å². The third kappa shape index (κ3) is 3.83. The Labute approximate surface area is 163 Å². The van der Waals surface area contributed by atoms with Crippen LogP contribution in [-0.2, 0) is 4.79 Å². The van der Waals surface area contributed by atoms with Gasteiger partial charge in [0.2, 0.25) is 5.91 Å². The van der Waals surface area contributed by atoms with Gasteiger partial charge in [-0.15, -0.1) is 0 Å². The Morgan fingerprint density at radius 1 is 1.19 bits per heavy atom. The summed E-state index contributed by atoms with van der Waals surface area (Å²) in [6, 6.07) is 8.16. The van der Waals surface area contributed by atoms with Crippen LogP contribution in [0.25, 0.3) is 16.7 Å². The SMILES string of the molecule is Cc1ccc(-n2ncc3c(SCC(=O)N4CCC(C)CC4)ncnc32)cc1. The zero-order valence-electron chi connectivity index (χ0n) is 15.6. The number of hydrogen-bond acceptors (Lipinski definition) is 5. The number of likely N-dealkylation sites (tertiary alicyclic amines) is 1. The Hall–Kier alpha value is -2.41. The summed E-state index contributed by atoms with van der Waals surface area (Å²) in [5.74, 6) is 1.30. The minimum atomic E-state index is 0.185. The van der Waals surface area contributed by atoms with Crippen LogP contribution in [0, 0.1) is 12.8 Å². The first kappa shape index (κ1) is 18.0. The van der Waals surface area contributed by atoms with E-state index in [9.17, 15) is 4.79 Å². The molecular formula is C20H23N5OS. The molecule has 0 bridgehead atoms. The molecule has 0 radical (unpaired) electrons. The summed E-state index contributed by atoms with van der Waals surface area (Å²) in [4.78, 5) is 23.3. The molecule has 3 heterocycles. The van der Waals surface area contributed by atoms with E-state index in [-0.39, 0.29) is 5.91 Å². The van der Waals surface area contributed by atoms with Gasteiger partial charge in [0.1, 0.15) is 11.4 Å². The zero-order chi connectivity index (χ0) is 18.8. The van der Waals surface area contributed by atoms with Crippen LogP contribution in [0.1, 0.15) is 25.3 Å². The summed E-state index contributed by atoms with van der Waals surface area (Å²) in [5, 5.41) is 6.17. The van der Waals surface area contributed by atoms with Crippen molar-refractivity contribution in [3.05, 3.63) is 42.4 Å². The highest BCUT2D eigenvalue weighted by Gasteiger charge is 2.21. The number of aromatic nitrogens is 4. The molecule has 0 spiro atoms. The molecule has 6 nitrogen and oxygen atoms in total. The molecule has 140 valence electrons. The van der Waals surface area contributed by atoms with Crippen molar-refractivity contribution in [2.75, 3.05) is 18.8 Å². The van der Waals surface area contributed by atoms with Crippen molar-refractivity contribution in [1.29, 1.82) is 0 Å². The van der Waals surface area contributed by atoms with E-state index in [0.29, 0.717) is 5.75 Å². The number of benzene rings is 1. The van der Waals surface area contributed by atoms with Crippen molar-refractivity contribution >= 4 is 28.7 Å². The van der Waals surface area contributed by atoms with Gasteiger partial charge in [0.25, 0.3) is 0 Å². The van der Waals surface area contributed by atoms with Gasteiger partial charge in [0.15, 0.2) is 5.65 Å². The number of rotatable bonds is 4. The highest BCUT2D eigenvalue weighted by atomic mass is 32.2. The maximum atomic E-state index is 12.5. The number of amides is 1. The van der Waals surface area contributed by atoms with E-state index < -0.39 is 0 Å². The van der Waals surface area contributed by atoms with E-state index in [0.717, 1.165) is 53.6 Å². The number of aryl methyl sites for hydroxylation is 1. The number of thioether (sulfide) groups is 1. The van der Waals surface area contributed by atoms with Gasteiger partial charge in [-0.1, -0.05) is 36.4 Å². The molecule has 1 fully saturated rings. The molecule has 1 aromatic carbocycles. The summed E-state index contributed by atoms with van der Waals surface area (Å²) < 4.78 is 1.81. The lowest BCUT2D eigenvalue weighted by Crippen LogP contribution is -2.38. The smallest absolute Gasteiger partial charge is 0.232 e. The number of carbonyl (C=O) groups is 1. The van der Waals surface area contributed by atoms with Crippen molar-refractivity contribution in [3.8, 4) is 5.69 Å². The molecule has 1 aliphatic rings. The molecule has 1 amide bonds. The number of piperidine rings is 1. The summed E-state index contributed by atoms with van der Waals surface area (Å²) in [6.45, 7) is 6.04. The Bertz CT molecular complexity index is 945. The van der Waals surface area contributed by atoms with Crippen LogP contribution < -0.4 is 0 Å². The van der Waals surface area contributed by atoms with Crippen LogP contribution in [0.2, 0.25) is 0 Å². The van der Waals surface area contributed by atoms with Crippen LogP contribution in [0.3, 0.4) is 0 Å². The first-order valence-electron chi connectivity index (χ1n) is 9.28. The molecule has 27 heavy (non-hydrogen) atoms. The van der Waals surface area contributed by atoms with Crippen molar-refractivity contribution in [1.82, 2.24) is 24.6 Å². The van der Waals surface area contributed by atoms with E-state index in [1.807, 2.05) is 21.7 Å². The lowest BCUT2D eigenvalue weighted by Gasteiger charge is -2.30. The summed E-state index contributed by atoms with van der Waals surface area (Å²) >= 11 is 1.47. The minimum absolute atomic E-state index is 0.185. The standard InChI is InChI=1S/C20H23N5OS/c1-14-3-5-16(6-4-14)25-19-17(11-23-25)20(22-13-21-19)27-12-18(26)24-9-7-15(2)8-10-24/h3-6,11,13,15H,7-10,12H2,1-2H3. The summed E-state index contributed by atoms with van der Waals surface area (Å²) in [7, 11) is 0. The van der Waals surface area contributed by atoms with E-state index in [2.05, 4.69) is 41.0 Å². The first-order chi connectivity index (χ1) is 13.1. The van der Waals surface area contributed by atoms with Crippen LogP contribution in [0.5, 0.6) is 0 Å². The van der Waals surface area contributed by atoms with E-state index in [4.69, 9.17) is 0 Å². The highest BCUT2D eigenvalue weighted by Crippen LogP contribution is 2.26. The Morgan fingerprint density at radius 3 is 2.67 bits per heavy atom. The zero-order valence-corrected chi connectivity index (χ0v) is 16.4. The van der Waals surface area contributed by atoms with Crippen molar-refractivity contribution in [2.45, 2.75) is 31.7 Å². The second-order valence-corrected chi connectivity index (χ2v) is 8.12. The highest BCUT2D eigenvalue weighted by molar-refractivity contribution is 8.00. The molecule has 3 aromatic rings. The third-order valence-corrected chi connectivity index (χ3v) is 6.07. The van der Waals surface area contributed by atoms with E-state index >= 15 is 0 Å². The van der Waals surface area contributed by atoms with Gasteiger partial charge in [-0.25, -0.2) is 14.6 Å². The number of fused-ring (bicyclic) bond motifs is 1. The normalized spacial score (nSPS) is 15.4. The average molecular weight is 382 g/mol. The first-order valence-corrected chi connectivity index (χ1v) is 10.3. The maximum Gasteiger partial charge on any atom is 0.232 e. The maximum absolute atomic E-state index is 12.5. The van der Waals surface area contributed by atoms with Crippen molar-refractivity contribution in [3.63, 3.8) is 0 Å². The molecule has 7 heteroatoms. The van der Waals surface area contributed by atoms with Gasteiger partial charge >= 0.3 is 0 Å². The van der Waals surface area contributed by atoms with Crippen LogP contribution >= 0.6 is 11.8 Å². The van der Waals surface area contributed by atoms with Gasteiger partial charge in [-0.3, -0.25) is 4.79 Å². The van der Waals surface area contributed by atoms with Crippen molar-refractivity contribution in [2.24, 2.45) is 5.92 Å². The summed E-state index contributed by atoms with van der Waals surface area (Å²) in [6.07, 6.45) is 5.52. The molecule has 1 aliphatic heterocycles. The van der Waals surface area contributed by atoms with Crippen molar-refractivity contribution < 1.29 is 4.79 Å². The largest absolute Gasteiger partial charge is 0.342 e. The molecule has 4 rings (SSSR count). The average Bonchev–Trinajstić information content (AvgIpc) is 3.12. The van der Waals surface area contributed by atoms with Crippen LogP contribution in [0.4, 0.5) is 0 Å². The fraction of sp³-hybridized carbons (Fsp3) is 0.400. The predicted octanol–water partition coefficient (Wildman–Crippen LogP) is 3.47. The van der Waals surface area contributed by atoms with E-state index in [1.54, 1.807) is 12.5 Å². The molecule has 0 atom stereocenters.